The first-order chi connectivity index (χ1) is 15.3. The predicted octanol–water partition coefficient (Wildman–Crippen LogP) is 0.415. The summed E-state index contributed by atoms with van der Waals surface area (Å²) in [5.74, 6) is -9.01. The molecule has 3 aliphatic carbocycles. The number of hydrogen-bond donors (Lipinski definition) is 6. The molecule has 6 atom stereocenters. The van der Waals surface area contributed by atoms with E-state index in [1.807, 2.05) is 0 Å². The van der Waals surface area contributed by atoms with Gasteiger partial charge in [0, 0.05) is 16.0 Å². The van der Waals surface area contributed by atoms with Crippen LogP contribution in [-0.4, -0.2) is 79.7 Å². The highest BCUT2D eigenvalue weighted by atomic mass is 79.9. The van der Waals surface area contributed by atoms with Crippen LogP contribution in [0.3, 0.4) is 0 Å². The molecule has 0 fully saturated rings. The minimum Gasteiger partial charge on any atom is -0.510 e. The molecule has 7 N–H and O–H groups in total. The fourth-order valence-electron chi connectivity index (χ4n) is 5.62. The van der Waals surface area contributed by atoms with E-state index in [4.69, 9.17) is 5.73 Å². The molecule has 1 aromatic rings. The van der Waals surface area contributed by atoms with Gasteiger partial charge in [0.2, 0.25) is 5.78 Å². The van der Waals surface area contributed by atoms with E-state index in [0.717, 1.165) is 0 Å². The van der Waals surface area contributed by atoms with E-state index in [9.17, 15) is 39.9 Å². The summed E-state index contributed by atoms with van der Waals surface area (Å²) in [6, 6.07) is 1.61. The smallest absolute Gasteiger partial charge is 0.255 e. The Labute approximate surface area is 196 Å². The number of phenolic OH excluding ortho intramolecular Hbond substituents is 1. The van der Waals surface area contributed by atoms with Gasteiger partial charge in [-0.05, 0) is 37.7 Å². The third-order valence-electron chi connectivity index (χ3n) is 7.03. The van der Waals surface area contributed by atoms with Crippen LogP contribution in [0, 0.1) is 11.8 Å². The van der Waals surface area contributed by atoms with Crippen LogP contribution in [0.2, 0.25) is 0 Å². The average molecular weight is 523 g/mol. The highest BCUT2D eigenvalue weighted by Gasteiger charge is 2.67. The van der Waals surface area contributed by atoms with E-state index < -0.39 is 75.6 Å². The Morgan fingerprint density at radius 3 is 2.33 bits per heavy atom. The van der Waals surface area contributed by atoms with Crippen molar-refractivity contribution < 1.29 is 39.9 Å². The van der Waals surface area contributed by atoms with Crippen LogP contribution in [0.4, 0.5) is 0 Å². The van der Waals surface area contributed by atoms with Crippen molar-refractivity contribution in [2.24, 2.45) is 17.6 Å². The van der Waals surface area contributed by atoms with E-state index >= 15 is 0 Å². The lowest BCUT2D eigenvalue weighted by molar-refractivity contribution is -0.162. The van der Waals surface area contributed by atoms with Gasteiger partial charge < -0.3 is 31.3 Å². The van der Waals surface area contributed by atoms with Gasteiger partial charge in [-0.1, -0.05) is 22.9 Å². The zero-order chi connectivity index (χ0) is 24.7. The maximum Gasteiger partial charge on any atom is 0.255 e. The molecule has 33 heavy (non-hydrogen) atoms. The number of aliphatic hydroxyl groups excluding tert-OH is 3. The minimum absolute atomic E-state index is 0.126. The Morgan fingerprint density at radius 2 is 1.79 bits per heavy atom. The second-order valence-electron chi connectivity index (χ2n) is 8.94. The lowest BCUT2D eigenvalue weighted by Crippen LogP contribution is -2.68. The van der Waals surface area contributed by atoms with Gasteiger partial charge in [-0.3, -0.25) is 19.3 Å². The third kappa shape index (κ3) is 2.86. The van der Waals surface area contributed by atoms with Gasteiger partial charge in [0.15, 0.2) is 11.4 Å². The Balaban J connectivity index is 2.06. The quantitative estimate of drug-likeness (QED) is 0.299. The predicted molar refractivity (Wildman–Crippen MR) is 117 cm³/mol. The zero-order valence-corrected chi connectivity index (χ0v) is 19.5. The summed E-state index contributed by atoms with van der Waals surface area (Å²) in [5, 5.41) is 55.4. The van der Waals surface area contributed by atoms with Crippen LogP contribution in [0.1, 0.15) is 28.8 Å². The third-order valence-corrected chi connectivity index (χ3v) is 7.49. The molecular formula is C22H23BrN2O8. The molecule has 3 aliphatic rings. The van der Waals surface area contributed by atoms with Crippen molar-refractivity contribution in [3.05, 3.63) is 50.4 Å². The lowest BCUT2D eigenvalue weighted by Gasteiger charge is -2.53. The summed E-state index contributed by atoms with van der Waals surface area (Å²) in [5.41, 5.74) is 1.29. The maximum absolute atomic E-state index is 13.4. The number of benzene rings is 1. The Hall–Kier alpha value is -2.73. The van der Waals surface area contributed by atoms with Gasteiger partial charge in [-0.15, -0.1) is 0 Å². The number of fused-ring (bicyclic) bond motifs is 3. The van der Waals surface area contributed by atoms with Crippen LogP contribution in [-0.2, 0) is 9.59 Å². The lowest BCUT2D eigenvalue weighted by atomic mass is 9.55. The number of nitrogens with zero attached hydrogens (tertiary/aromatic N) is 1. The first-order valence-electron chi connectivity index (χ1n) is 10.1. The molecule has 1 amide bonds. The number of nitrogens with two attached hydrogens (primary N) is 1. The van der Waals surface area contributed by atoms with Crippen molar-refractivity contribution in [2.75, 3.05) is 14.1 Å². The topological polar surface area (TPSA) is 182 Å². The minimum atomic E-state index is -2.91. The number of amides is 1. The monoisotopic (exact) mass is 522 g/mol. The number of likely N-dealkylation sites (N-methyl/N-ethyl adjacent to an activating group) is 1. The summed E-state index contributed by atoms with van der Waals surface area (Å²) in [7, 11) is 2.97. The second kappa shape index (κ2) is 7.39. The van der Waals surface area contributed by atoms with Gasteiger partial charge in [0.25, 0.3) is 5.91 Å². The van der Waals surface area contributed by atoms with Crippen LogP contribution in [0.15, 0.2) is 39.3 Å². The highest BCUT2D eigenvalue weighted by Crippen LogP contribution is 2.55. The van der Waals surface area contributed by atoms with E-state index in [-0.39, 0.29) is 11.3 Å². The zero-order valence-electron chi connectivity index (χ0n) is 17.9. The number of primary amides is 1. The fourth-order valence-corrected chi connectivity index (χ4v) is 6.08. The SMILES string of the molecule is C[C@H]1c2cc(Br)cc(O)c2C(=O)C2=C(O)[C@]3(O)C(=O)C(C(N)=O)=C(O)[C@@H](N(C)C)[C@@H]3[C@@H](O)[C@@H]21. The summed E-state index contributed by atoms with van der Waals surface area (Å²) < 4.78 is 0.488. The molecule has 0 spiro atoms. The summed E-state index contributed by atoms with van der Waals surface area (Å²) in [4.78, 5) is 40.0. The Morgan fingerprint density at radius 1 is 1.18 bits per heavy atom. The summed E-state index contributed by atoms with van der Waals surface area (Å²) in [6.45, 7) is 1.67. The maximum atomic E-state index is 13.4. The number of aromatic hydroxyl groups is 1. The summed E-state index contributed by atoms with van der Waals surface area (Å²) >= 11 is 3.26. The standard InChI is InChI=1S/C22H23BrN2O8/c1-6-8-4-7(23)5-9(26)11(8)16(27)12-10(6)17(28)14-15(25(2)3)18(29)13(21(24)32)20(31)22(14,33)19(12)30/h4-6,10,14-15,17,26,28-30,33H,1-3H3,(H2,24,32)/t6-,10+,14+,15-,17-,22-/m0/s1. The molecule has 1 aromatic carbocycles. The van der Waals surface area contributed by atoms with E-state index in [1.54, 1.807) is 13.0 Å². The van der Waals surface area contributed by atoms with Gasteiger partial charge in [-0.2, -0.15) is 0 Å². The molecule has 0 aromatic heterocycles. The van der Waals surface area contributed by atoms with E-state index in [0.29, 0.717) is 10.0 Å². The Kier molecular flexibility index (Phi) is 5.25. The highest BCUT2D eigenvalue weighted by molar-refractivity contribution is 9.10. The van der Waals surface area contributed by atoms with Gasteiger partial charge in [0.1, 0.15) is 22.8 Å². The van der Waals surface area contributed by atoms with Gasteiger partial charge in [0.05, 0.1) is 23.6 Å². The van der Waals surface area contributed by atoms with E-state index in [1.165, 1.54) is 25.1 Å². The van der Waals surface area contributed by atoms with Crippen LogP contribution >= 0.6 is 15.9 Å². The number of Topliss-reactive ketones (excluding diaryl/α,β-unsaturated/α-hetero) is 2. The first-order valence-corrected chi connectivity index (χ1v) is 10.9. The number of halogens is 1. The van der Waals surface area contributed by atoms with Crippen LogP contribution < -0.4 is 5.73 Å². The van der Waals surface area contributed by atoms with Crippen molar-refractivity contribution in [1.82, 2.24) is 4.90 Å². The normalized spacial score (nSPS) is 33.7. The first kappa shape index (κ1) is 23.4. The number of hydrogen-bond acceptors (Lipinski definition) is 9. The van der Waals surface area contributed by atoms with Crippen LogP contribution in [0.5, 0.6) is 5.75 Å². The van der Waals surface area contributed by atoms with Gasteiger partial charge in [-0.25, -0.2) is 0 Å². The van der Waals surface area contributed by atoms with Crippen molar-refractivity contribution in [2.45, 2.75) is 30.6 Å². The number of ketones is 2. The number of carbonyl (C=O) groups is 3. The van der Waals surface area contributed by atoms with E-state index in [2.05, 4.69) is 15.9 Å². The molecule has 0 heterocycles. The van der Waals surface area contributed by atoms with Crippen LogP contribution in [0.25, 0.3) is 0 Å². The molecule has 0 aliphatic heterocycles. The number of phenols is 1. The number of carbonyl (C=O) groups excluding carboxylic acids is 3. The molecule has 0 saturated heterocycles. The molecular weight excluding hydrogens is 500 g/mol. The van der Waals surface area contributed by atoms with Crippen molar-refractivity contribution in [3.63, 3.8) is 0 Å². The molecule has 0 unspecified atom stereocenters. The molecule has 4 rings (SSSR count). The van der Waals surface area contributed by atoms with Gasteiger partial charge >= 0.3 is 0 Å². The fraction of sp³-hybridized carbons (Fsp3) is 0.409. The molecule has 0 saturated carbocycles. The largest absolute Gasteiger partial charge is 0.510 e. The van der Waals surface area contributed by atoms with Crippen molar-refractivity contribution >= 4 is 33.4 Å². The Bertz CT molecular complexity index is 1190. The average Bonchev–Trinajstić information content (AvgIpc) is 2.70. The second-order valence-corrected chi connectivity index (χ2v) is 9.86. The molecule has 176 valence electrons. The molecule has 11 heteroatoms. The molecule has 0 radical (unpaired) electrons. The molecule has 0 bridgehead atoms. The number of aliphatic hydroxyl groups is 4. The number of rotatable bonds is 2. The van der Waals surface area contributed by atoms with Crippen molar-refractivity contribution in [1.29, 1.82) is 0 Å². The van der Waals surface area contributed by atoms with Crippen molar-refractivity contribution in [3.8, 4) is 5.75 Å². The summed E-state index contributed by atoms with van der Waals surface area (Å²) in [6.07, 6.45) is -1.61. The molecule has 10 nitrogen and oxygen atoms in total.